The Bertz CT molecular complexity index is 699. The molecule has 6 heteroatoms. The molecule has 1 N–H and O–H groups in total. The molecule has 20 heavy (non-hydrogen) atoms. The van der Waals surface area contributed by atoms with Gasteiger partial charge in [-0.1, -0.05) is 25.1 Å². The molecule has 2 aromatic carbocycles. The Kier molecular flexibility index (Phi) is 3.65. The van der Waals surface area contributed by atoms with Gasteiger partial charge in [0.05, 0.1) is 16.2 Å². The molecule has 0 aliphatic carbocycles. The number of hydrogen-bond acceptors (Lipinski definition) is 3. The number of fused-ring (bicyclic) bond motifs is 1. The molecule has 2 rings (SSSR count). The first kappa shape index (κ1) is 13.9. The number of aliphatic carboxylic acids is 1. The van der Waals surface area contributed by atoms with Crippen molar-refractivity contribution in [3.63, 3.8) is 0 Å². The highest BCUT2D eigenvalue weighted by Gasteiger charge is 2.26. The standard InChI is InChI=1S/C14H12FNO4/c1-2-8(14(17)18)11-7-12(15)13(16(19)20)10-6-4-3-5-9(10)11/h3-8H,2H2,1H3,(H,17,18). The molecule has 0 heterocycles. The summed E-state index contributed by atoms with van der Waals surface area (Å²) < 4.78 is 14.0. The number of rotatable bonds is 4. The highest BCUT2D eigenvalue weighted by atomic mass is 19.1. The quantitative estimate of drug-likeness (QED) is 0.685. The van der Waals surface area contributed by atoms with Crippen LogP contribution in [-0.2, 0) is 4.79 Å². The highest BCUT2D eigenvalue weighted by Crippen LogP contribution is 2.35. The number of carbonyl (C=O) groups is 1. The molecular weight excluding hydrogens is 265 g/mol. The number of nitrogens with zero attached hydrogens (tertiary/aromatic N) is 1. The van der Waals surface area contributed by atoms with Crippen LogP contribution in [0.1, 0.15) is 24.8 Å². The van der Waals surface area contributed by atoms with E-state index >= 15 is 0 Å². The molecule has 0 aliphatic rings. The molecule has 2 aromatic rings. The molecule has 0 saturated carbocycles. The Morgan fingerprint density at radius 3 is 2.50 bits per heavy atom. The zero-order valence-corrected chi connectivity index (χ0v) is 10.7. The second-order valence-corrected chi connectivity index (χ2v) is 4.40. The summed E-state index contributed by atoms with van der Waals surface area (Å²) in [5, 5.41) is 20.7. The maximum absolute atomic E-state index is 14.0. The summed E-state index contributed by atoms with van der Waals surface area (Å²) in [7, 11) is 0. The fraction of sp³-hybridized carbons (Fsp3) is 0.214. The van der Waals surface area contributed by atoms with E-state index in [1.165, 1.54) is 6.07 Å². The summed E-state index contributed by atoms with van der Waals surface area (Å²) in [5.74, 6) is -2.98. The summed E-state index contributed by atoms with van der Waals surface area (Å²) in [5.41, 5.74) is -0.358. The van der Waals surface area contributed by atoms with Gasteiger partial charge in [0.25, 0.3) is 0 Å². The van der Waals surface area contributed by atoms with E-state index in [4.69, 9.17) is 0 Å². The maximum Gasteiger partial charge on any atom is 0.312 e. The smallest absolute Gasteiger partial charge is 0.312 e. The van der Waals surface area contributed by atoms with E-state index in [-0.39, 0.29) is 17.4 Å². The van der Waals surface area contributed by atoms with Gasteiger partial charge in [-0.25, -0.2) is 0 Å². The van der Waals surface area contributed by atoms with Gasteiger partial charge in [-0.2, -0.15) is 4.39 Å². The summed E-state index contributed by atoms with van der Waals surface area (Å²) in [4.78, 5) is 21.4. The van der Waals surface area contributed by atoms with E-state index in [0.29, 0.717) is 5.39 Å². The lowest BCUT2D eigenvalue weighted by Crippen LogP contribution is -2.12. The molecular formula is C14H12FNO4. The van der Waals surface area contributed by atoms with Gasteiger partial charge in [0, 0.05) is 0 Å². The Balaban J connectivity index is 2.85. The Hall–Kier alpha value is -2.50. The lowest BCUT2D eigenvalue weighted by atomic mass is 9.90. The van der Waals surface area contributed by atoms with Crippen molar-refractivity contribution < 1.29 is 19.2 Å². The predicted octanol–water partition coefficient (Wildman–Crippen LogP) is 3.47. The first-order valence-electron chi connectivity index (χ1n) is 6.05. The largest absolute Gasteiger partial charge is 0.481 e. The van der Waals surface area contributed by atoms with E-state index < -0.39 is 28.3 Å². The van der Waals surface area contributed by atoms with Crippen molar-refractivity contribution in [3.8, 4) is 0 Å². The summed E-state index contributed by atoms with van der Waals surface area (Å²) in [6.07, 6.45) is 0.274. The second kappa shape index (κ2) is 5.24. The van der Waals surface area contributed by atoms with E-state index in [0.717, 1.165) is 6.07 Å². The van der Waals surface area contributed by atoms with Crippen LogP contribution >= 0.6 is 0 Å². The first-order valence-corrected chi connectivity index (χ1v) is 6.05. The molecule has 104 valence electrons. The molecule has 0 fully saturated rings. The average molecular weight is 277 g/mol. The Labute approximate surface area is 113 Å². The van der Waals surface area contributed by atoms with Gasteiger partial charge in [0.1, 0.15) is 0 Å². The van der Waals surface area contributed by atoms with Crippen LogP contribution in [0.4, 0.5) is 10.1 Å². The third-order valence-electron chi connectivity index (χ3n) is 3.27. The van der Waals surface area contributed by atoms with Gasteiger partial charge in [-0.05, 0) is 29.5 Å². The molecule has 0 radical (unpaired) electrons. The van der Waals surface area contributed by atoms with Gasteiger partial charge >= 0.3 is 11.7 Å². The third kappa shape index (κ3) is 2.20. The monoisotopic (exact) mass is 277 g/mol. The highest BCUT2D eigenvalue weighted by molar-refractivity contribution is 5.96. The van der Waals surface area contributed by atoms with Gasteiger partial charge in [-0.15, -0.1) is 0 Å². The van der Waals surface area contributed by atoms with Crippen molar-refractivity contribution in [1.29, 1.82) is 0 Å². The third-order valence-corrected chi connectivity index (χ3v) is 3.27. The van der Waals surface area contributed by atoms with Crippen LogP contribution in [0.5, 0.6) is 0 Å². The minimum Gasteiger partial charge on any atom is -0.481 e. The van der Waals surface area contributed by atoms with Crippen LogP contribution in [0.25, 0.3) is 10.8 Å². The van der Waals surface area contributed by atoms with Crippen LogP contribution in [0.2, 0.25) is 0 Å². The van der Waals surface area contributed by atoms with E-state index in [2.05, 4.69) is 0 Å². The molecule has 5 nitrogen and oxygen atoms in total. The number of hydrogen-bond donors (Lipinski definition) is 1. The minimum atomic E-state index is -1.08. The number of nitro benzene ring substituents is 1. The van der Waals surface area contributed by atoms with Gasteiger partial charge in [0.15, 0.2) is 0 Å². The Morgan fingerprint density at radius 1 is 1.40 bits per heavy atom. The van der Waals surface area contributed by atoms with Crippen LogP contribution in [0, 0.1) is 15.9 Å². The minimum absolute atomic E-state index is 0.118. The van der Waals surface area contributed by atoms with E-state index in [9.17, 15) is 24.4 Å². The first-order chi connectivity index (χ1) is 9.47. The molecule has 0 saturated heterocycles. The number of carboxylic acids is 1. The van der Waals surface area contributed by atoms with Crippen LogP contribution in [-0.4, -0.2) is 16.0 Å². The average Bonchev–Trinajstić information content (AvgIpc) is 2.38. The topological polar surface area (TPSA) is 80.4 Å². The number of halogens is 1. The van der Waals surface area contributed by atoms with Crippen LogP contribution in [0.3, 0.4) is 0 Å². The summed E-state index contributed by atoms with van der Waals surface area (Å²) >= 11 is 0. The van der Waals surface area contributed by atoms with Gasteiger partial charge in [-0.3, -0.25) is 14.9 Å². The summed E-state index contributed by atoms with van der Waals surface area (Å²) in [6.45, 7) is 1.67. The number of nitro groups is 1. The fourth-order valence-corrected chi connectivity index (χ4v) is 2.35. The normalized spacial score (nSPS) is 12.3. The number of carboxylic acid groups (broad SMARTS) is 1. The molecule has 0 aromatic heterocycles. The Morgan fingerprint density at radius 2 is 2.00 bits per heavy atom. The number of benzene rings is 2. The zero-order chi connectivity index (χ0) is 14.9. The molecule has 0 bridgehead atoms. The van der Waals surface area contributed by atoms with Crippen molar-refractivity contribution in [3.05, 3.63) is 51.8 Å². The van der Waals surface area contributed by atoms with Crippen molar-refractivity contribution >= 4 is 22.4 Å². The van der Waals surface area contributed by atoms with Crippen LogP contribution < -0.4 is 0 Å². The lowest BCUT2D eigenvalue weighted by Gasteiger charge is -2.14. The van der Waals surface area contributed by atoms with Gasteiger partial charge < -0.3 is 5.11 Å². The van der Waals surface area contributed by atoms with Crippen molar-refractivity contribution in [2.45, 2.75) is 19.3 Å². The summed E-state index contributed by atoms with van der Waals surface area (Å²) in [6, 6.07) is 7.16. The molecule has 0 aliphatic heterocycles. The fourth-order valence-electron chi connectivity index (χ4n) is 2.35. The zero-order valence-electron chi connectivity index (χ0n) is 10.7. The van der Waals surface area contributed by atoms with Crippen LogP contribution in [0.15, 0.2) is 30.3 Å². The van der Waals surface area contributed by atoms with Crippen molar-refractivity contribution in [1.82, 2.24) is 0 Å². The predicted molar refractivity (Wildman–Crippen MR) is 71.2 cm³/mol. The van der Waals surface area contributed by atoms with E-state index in [1.54, 1.807) is 25.1 Å². The van der Waals surface area contributed by atoms with Crippen molar-refractivity contribution in [2.24, 2.45) is 0 Å². The lowest BCUT2D eigenvalue weighted by molar-refractivity contribution is -0.385. The second-order valence-electron chi connectivity index (χ2n) is 4.40. The van der Waals surface area contributed by atoms with E-state index in [1.807, 2.05) is 0 Å². The molecule has 0 spiro atoms. The molecule has 1 unspecified atom stereocenters. The van der Waals surface area contributed by atoms with Gasteiger partial charge in [0.2, 0.25) is 5.82 Å². The maximum atomic E-state index is 14.0. The molecule has 0 amide bonds. The molecule has 1 atom stereocenters. The SMILES string of the molecule is CCC(C(=O)O)c1cc(F)c([N+](=O)[O-])c2ccccc12. The van der Waals surface area contributed by atoms with Crippen molar-refractivity contribution in [2.75, 3.05) is 0 Å².